The van der Waals surface area contributed by atoms with Gasteiger partial charge in [-0.3, -0.25) is 23.7 Å². The lowest BCUT2D eigenvalue weighted by Crippen LogP contribution is -2.41. The number of aromatic nitrogens is 3. The Balaban J connectivity index is 2.20. The summed E-state index contributed by atoms with van der Waals surface area (Å²) in [6, 6.07) is 0.151. The zero-order valence-electron chi connectivity index (χ0n) is 28.2. The number of carbonyl (C=O) groups is 2. The molecule has 3 rings (SSSR count). The highest BCUT2D eigenvalue weighted by molar-refractivity contribution is 5.82. The first-order valence-corrected chi connectivity index (χ1v) is 15.2. The van der Waals surface area contributed by atoms with E-state index in [0.29, 0.717) is 6.07 Å². The predicted molar refractivity (Wildman–Crippen MR) is 171 cm³/mol. The molecular weight excluding hydrogens is 638 g/mol. The van der Waals surface area contributed by atoms with Gasteiger partial charge in [-0.05, 0) is 75.5 Å². The molecule has 2 aromatic heterocycles. The predicted octanol–water partition coefficient (Wildman–Crippen LogP) is 3.71. The Bertz CT molecular complexity index is 1890. The topological polar surface area (TPSA) is 136 Å². The quantitative estimate of drug-likeness (QED) is 0.279. The number of amides is 1. The van der Waals surface area contributed by atoms with Gasteiger partial charge in [-0.2, -0.15) is 13.2 Å². The molecule has 2 N–H and O–H groups in total. The molecule has 2 heterocycles. The van der Waals surface area contributed by atoms with E-state index in [1.54, 1.807) is 32.8 Å². The summed E-state index contributed by atoms with van der Waals surface area (Å²) in [7, 11) is 6.08. The average molecular weight is 680 g/mol. The van der Waals surface area contributed by atoms with Crippen LogP contribution in [-0.2, 0) is 36.3 Å². The Morgan fingerprint density at radius 1 is 1.02 bits per heavy atom. The van der Waals surface area contributed by atoms with Gasteiger partial charge in [0.15, 0.2) is 0 Å². The molecule has 2 atom stereocenters. The maximum Gasteiger partial charge on any atom is 0.416 e. The summed E-state index contributed by atoms with van der Waals surface area (Å²) < 4.78 is 60.5. The number of nitrogens with zero attached hydrogens (tertiary/aromatic N) is 4. The van der Waals surface area contributed by atoms with Crippen LogP contribution in [0.4, 0.5) is 17.6 Å². The van der Waals surface area contributed by atoms with E-state index in [1.165, 1.54) is 44.6 Å². The first kappa shape index (κ1) is 37.9. The number of nitrogens with one attached hydrogen (secondary N) is 1. The van der Waals surface area contributed by atoms with Crippen LogP contribution < -0.4 is 22.1 Å². The van der Waals surface area contributed by atoms with Crippen molar-refractivity contribution in [1.82, 2.24) is 23.9 Å². The molecule has 0 spiro atoms. The third kappa shape index (κ3) is 8.30. The van der Waals surface area contributed by atoms with E-state index >= 15 is 4.39 Å². The summed E-state index contributed by atoms with van der Waals surface area (Å²) in [6.45, 7) is 6.61. The Labute approximate surface area is 274 Å². The molecule has 0 saturated heterocycles. The van der Waals surface area contributed by atoms with Crippen molar-refractivity contribution in [2.45, 2.75) is 65.2 Å². The van der Waals surface area contributed by atoms with Crippen molar-refractivity contribution < 1.29 is 32.3 Å². The minimum absolute atomic E-state index is 0.0150. The second-order valence-corrected chi connectivity index (χ2v) is 12.7. The number of likely N-dealkylation sites (N-methyl/N-ethyl adjacent to an activating group) is 1. The van der Waals surface area contributed by atoms with E-state index in [2.05, 4.69) is 5.32 Å². The number of rotatable bonds is 12. The zero-order valence-corrected chi connectivity index (χ0v) is 28.2. The summed E-state index contributed by atoms with van der Waals surface area (Å²) in [4.78, 5) is 66.3. The minimum atomic E-state index is -4.83. The highest BCUT2D eigenvalue weighted by Gasteiger charge is 2.36. The minimum Gasteiger partial charge on any atom is -0.481 e. The van der Waals surface area contributed by atoms with E-state index in [0.717, 1.165) is 15.3 Å². The van der Waals surface area contributed by atoms with Crippen molar-refractivity contribution in [3.8, 4) is 11.1 Å². The molecule has 1 aromatic carbocycles. The number of aryl methyl sites for hydroxylation is 1. The van der Waals surface area contributed by atoms with Gasteiger partial charge in [0, 0.05) is 44.2 Å². The largest absolute Gasteiger partial charge is 0.481 e. The summed E-state index contributed by atoms with van der Waals surface area (Å²) >= 11 is 0. The molecule has 0 radical (unpaired) electrons. The number of alkyl halides is 3. The summed E-state index contributed by atoms with van der Waals surface area (Å²) in [5, 5.41) is 12.3. The Morgan fingerprint density at radius 3 is 2.19 bits per heavy atom. The van der Waals surface area contributed by atoms with Gasteiger partial charge in [-0.25, -0.2) is 9.18 Å². The third-order valence-electron chi connectivity index (χ3n) is 8.23. The molecular formula is C33H41F4N5O6. The SMILES string of the molecule is Cc1cc(-c2c(C)n(C)c(=O)n(C)c2=O)cc([C@H](CC(=O)O)NC(=O)[C@@H](CC(C)C)n2cc(CCN(C)C)c(C(F)(F)F)cc2=O)c1F. The van der Waals surface area contributed by atoms with E-state index in [1.807, 2.05) is 0 Å². The van der Waals surface area contributed by atoms with Crippen LogP contribution in [0.3, 0.4) is 0 Å². The molecule has 262 valence electrons. The number of carbonyl (C=O) groups excluding carboxylic acids is 1. The number of benzene rings is 1. The molecule has 0 saturated carbocycles. The first-order valence-electron chi connectivity index (χ1n) is 15.2. The van der Waals surface area contributed by atoms with E-state index < -0.39 is 64.7 Å². The molecule has 0 bridgehead atoms. The molecule has 0 aliphatic heterocycles. The van der Waals surface area contributed by atoms with Crippen molar-refractivity contribution in [1.29, 1.82) is 0 Å². The first-order chi connectivity index (χ1) is 22.1. The van der Waals surface area contributed by atoms with Gasteiger partial charge in [-0.1, -0.05) is 13.8 Å². The van der Waals surface area contributed by atoms with Crippen molar-refractivity contribution in [3.05, 3.63) is 89.4 Å². The van der Waals surface area contributed by atoms with Gasteiger partial charge in [0.1, 0.15) is 11.9 Å². The van der Waals surface area contributed by atoms with Crippen LogP contribution in [0.5, 0.6) is 0 Å². The van der Waals surface area contributed by atoms with Gasteiger partial charge in [0.2, 0.25) is 5.91 Å². The normalized spacial score (nSPS) is 13.2. The third-order valence-corrected chi connectivity index (χ3v) is 8.23. The highest BCUT2D eigenvalue weighted by atomic mass is 19.4. The smallest absolute Gasteiger partial charge is 0.416 e. The van der Waals surface area contributed by atoms with Crippen molar-refractivity contribution in [2.24, 2.45) is 20.0 Å². The number of pyridine rings is 1. The molecule has 3 aromatic rings. The summed E-state index contributed by atoms with van der Waals surface area (Å²) in [5.41, 5.74) is -3.42. The molecule has 1 amide bonds. The summed E-state index contributed by atoms with van der Waals surface area (Å²) in [5.74, 6) is -3.42. The van der Waals surface area contributed by atoms with Crippen molar-refractivity contribution in [3.63, 3.8) is 0 Å². The molecule has 48 heavy (non-hydrogen) atoms. The number of halogens is 4. The van der Waals surface area contributed by atoms with Crippen LogP contribution in [-0.4, -0.2) is 56.2 Å². The van der Waals surface area contributed by atoms with Gasteiger partial charge in [0.25, 0.3) is 11.1 Å². The van der Waals surface area contributed by atoms with Crippen LogP contribution in [0, 0.1) is 25.6 Å². The van der Waals surface area contributed by atoms with Gasteiger partial charge < -0.3 is 24.5 Å². The lowest BCUT2D eigenvalue weighted by molar-refractivity contribution is -0.139. The van der Waals surface area contributed by atoms with E-state index in [-0.39, 0.29) is 58.8 Å². The highest BCUT2D eigenvalue weighted by Crippen LogP contribution is 2.33. The zero-order chi connectivity index (χ0) is 36.4. The Morgan fingerprint density at radius 2 is 1.65 bits per heavy atom. The standard InChI is InChI=1S/C33H41F4N5O6/c1-17(2)11-25(42-16-20(9-10-39(5)6)23(14-26(42)43)33(35,36)37)30(46)38-24(15-27(44)45)22-13-21(12-18(3)29(22)34)28-19(4)40(7)32(48)41(8)31(28)47/h12-14,16-17,24-25H,9-11,15H2,1-8H3,(H,38,46)(H,44,45)/t24-,25+/m0/s1. The molecule has 0 fully saturated rings. The maximum absolute atomic E-state index is 15.8. The second-order valence-electron chi connectivity index (χ2n) is 12.7. The van der Waals surface area contributed by atoms with Gasteiger partial charge >= 0.3 is 17.8 Å². The monoisotopic (exact) mass is 679 g/mol. The number of carboxylic acid groups (broad SMARTS) is 1. The molecule has 0 aliphatic carbocycles. The molecule has 11 nitrogen and oxygen atoms in total. The molecule has 0 unspecified atom stereocenters. The fourth-order valence-corrected chi connectivity index (χ4v) is 5.59. The van der Waals surface area contributed by atoms with Gasteiger partial charge in [0.05, 0.1) is 23.6 Å². The number of aliphatic carboxylic acids is 1. The summed E-state index contributed by atoms with van der Waals surface area (Å²) in [6.07, 6.45) is -4.72. The Hall–Kier alpha value is -4.53. The number of hydrogen-bond acceptors (Lipinski definition) is 6. The average Bonchev–Trinajstić information content (AvgIpc) is 2.97. The van der Waals surface area contributed by atoms with Crippen molar-refractivity contribution >= 4 is 11.9 Å². The lowest BCUT2D eigenvalue weighted by atomic mass is 9.93. The lowest BCUT2D eigenvalue weighted by Gasteiger charge is -2.27. The van der Waals surface area contributed by atoms with Crippen molar-refractivity contribution in [2.75, 3.05) is 20.6 Å². The van der Waals surface area contributed by atoms with Crippen LogP contribution in [0.15, 0.2) is 38.8 Å². The maximum atomic E-state index is 15.8. The number of hydrogen-bond donors (Lipinski definition) is 2. The van der Waals surface area contributed by atoms with E-state index in [9.17, 15) is 42.3 Å². The van der Waals surface area contributed by atoms with Gasteiger partial charge in [-0.15, -0.1) is 0 Å². The molecule has 15 heteroatoms. The molecule has 0 aliphatic rings. The van der Waals surface area contributed by atoms with Crippen LogP contribution in [0.25, 0.3) is 11.1 Å². The number of carboxylic acids is 1. The van der Waals surface area contributed by atoms with Crippen LogP contribution in [0.1, 0.15) is 66.7 Å². The fourth-order valence-electron chi connectivity index (χ4n) is 5.59. The van der Waals surface area contributed by atoms with Crippen LogP contribution >= 0.6 is 0 Å². The van der Waals surface area contributed by atoms with E-state index in [4.69, 9.17) is 0 Å². The van der Waals surface area contributed by atoms with Crippen LogP contribution in [0.2, 0.25) is 0 Å². The second kappa shape index (κ2) is 14.7. The fraction of sp³-hybridized carbons (Fsp3) is 0.485. The Kier molecular flexibility index (Phi) is 11.6.